The van der Waals surface area contributed by atoms with E-state index in [1.165, 1.54) is 6.08 Å². The molecule has 100 valence electrons. The van der Waals surface area contributed by atoms with Crippen molar-refractivity contribution in [3.05, 3.63) is 36.1 Å². The Morgan fingerprint density at radius 3 is 2.33 bits per heavy atom. The molecule has 0 aromatic carbocycles. The van der Waals surface area contributed by atoms with Gasteiger partial charge in [0, 0.05) is 6.42 Å². The maximum absolute atomic E-state index is 12.3. The fraction of sp³-hybridized carbons (Fsp3) is 0.500. The Labute approximate surface area is 110 Å². The number of Topliss-reactive ketones (excluding diaryl/α,β-unsaturated/α-hetero) is 1. The molecule has 0 aliphatic heterocycles. The van der Waals surface area contributed by atoms with E-state index in [-0.39, 0.29) is 5.78 Å². The highest BCUT2D eigenvalue weighted by molar-refractivity contribution is 6.70. The number of hydrogen-bond acceptors (Lipinski definition) is 3. The van der Waals surface area contributed by atoms with Gasteiger partial charge < -0.3 is 9.16 Å². The molecule has 1 aliphatic rings. The van der Waals surface area contributed by atoms with E-state index < -0.39 is 13.9 Å². The molecule has 0 fully saturated rings. The summed E-state index contributed by atoms with van der Waals surface area (Å²) in [5.41, 5.74) is 0.463. The largest absolute Gasteiger partial charge is 0.497 e. The summed E-state index contributed by atoms with van der Waals surface area (Å²) in [5.74, 6) is 0.549. The van der Waals surface area contributed by atoms with Gasteiger partial charge in [-0.1, -0.05) is 18.2 Å². The molecule has 0 heterocycles. The van der Waals surface area contributed by atoms with E-state index in [0.29, 0.717) is 17.8 Å². The quantitative estimate of drug-likeness (QED) is 0.547. The van der Waals surface area contributed by atoms with E-state index >= 15 is 0 Å². The van der Waals surface area contributed by atoms with Gasteiger partial charge in [-0.15, -0.1) is 6.58 Å². The van der Waals surface area contributed by atoms with Crippen molar-refractivity contribution in [1.82, 2.24) is 0 Å². The fourth-order valence-electron chi connectivity index (χ4n) is 2.28. The van der Waals surface area contributed by atoms with Gasteiger partial charge in [0.15, 0.2) is 13.9 Å². The van der Waals surface area contributed by atoms with Gasteiger partial charge >= 0.3 is 0 Å². The number of carbonyl (C=O) groups excluding carboxylic acids is 1. The van der Waals surface area contributed by atoms with Gasteiger partial charge in [-0.05, 0) is 26.6 Å². The third-order valence-corrected chi connectivity index (χ3v) is 3.62. The lowest BCUT2D eigenvalue weighted by atomic mass is 9.74. The zero-order chi connectivity index (χ0) is 14.1. The predicted octanol–water partition coefficient (Wildman–Crippen LogP) is 3.21. The van der Waals surface area contributed by atoms with Crippen LogP contribution in [-0.4, -0.2) is 26.8 Å². The van der Waals surface area contributed by atoms with Crippen molar-refractivity contribution in [2.45, 2.75) is 38.6 Å². The van der Waals surface area contributed by atoms with Crippen LogP contribution in [0.15, 0.2) is 36.1 Å². The first kappa shape index (κ1) is 14.9. The summed E-state index contributed by atoms with van der Waals surface area (Å²) in [6.07, 6.45) is 2.00. The van der Waals surface area contributed by atoms with E-state index in [2.05, 4.69) is 32.8 Å². The van der Waals surface area contributed by atoms with Crippen molar-refractivity contribution in [3.63, 3.8) is 0 Å². The maximum Gasteiger partial charge on any atom is 0.205 e. The monoisotopic (exact) mass is 266 g/mol. The number of ether oxygens (including phenoxy) is 1. The van der Waals surface area contributed by atoms with Gasteiger partial charge in [0.25, 0.3) is 0 Å². The smallest absolute Gasteiger partial charge is 0.205 e. The summed E-state index contributed by atoms with van der Waals surface area (Å²) in [5, 5.41) is 0. The molecule has 1 rings (SSSR count). The second-order valence-corrected chi connectivity index (χ2v) is 10.1. The number of ketones is 1. The van der Waals surface area contributed by atoms with Crippen LogP contribution in [0.3, 0.4) is 0 Å². The van der Waals surface area contributed by atoms with Crippen LogP contribution < -0.4 is 0 Å². The number of methoxy groups -OCH3 is 1. The van der Waals surface area contributed by atoms with Crippen LogP contribution in [0.2, 0.25) is 19.6 Å². The Balaban J connectivity index is 3.24. The lowest BCUT2D eigenvalue weighted by Crippen LogP contribution is -2.57. The Kier molecular flexibility index (Phi) is 4.03. The summed E-state index contributed by atoms with van der Waals surface area (Å²) in [6.45, 7) is 15.6. The van der Waals surface area contributed by atoms with Crippen molar-refractivity contribution in [2.75, 3.05) is 7.11 Å². The van der Waals surface area contributed by atoms with Crippen molar-refractivity contribution in [2.24, 2.45) is 0 Å². The van der Waals surface area contributed by atoms with Crippen LogP contribution in [0.1, 0.15) is 13.3 Å². The van der Waals surface area contributed by atoms with Gasteiger partial charge in [-0.3, -0.25) is 4.79 Å². The molecule has 1 atom stereocenters. The zero-order valence-electron chi connectivity index (χ0n) is 11.9. The van der Waals surface area contributed by atoms with Gasteiger partial charge in [-0.25, -0.2) is 0 Å². The van der Waals surface area contributed by atoms with E-state index in [9.17, 15) is 4.79 Å². The molecule has 0 radical (unpaired) electrons. The number of rotatable bonds is 6. The summed E-state index contributed by atoms with van der Waals surface area (Å²) >= 11 is 0. The van der Waals surface area contributed by atoms with Gasteiger partial charge in [0.1, 0.15) is 5.76 Å². The highest BCUT2D eigenvalue weighted by Gasteiger charge is 2.57. The van der Waals surface area contributed by atoms with Crippen molar-refractivity contribution in [3.8, 4) is 0 Å². The first-order valence-corrected chi connectivity index (χ1v) is 9.39. The zero-order valence-corrected chi connectivity index (χ0v) is 12.9. The van der Waals surface area contributed by atoms with Crippen LogP contribution in [0.4, 0.5) is 0 Å². The van der Waals surface area contributed by atoms with Crippen LogP contribution in [0.5, 0.6) is 0 Å². The molecule has 0 N–H and O–H groups in total. The minimum atomic E-state index is -1.88. The molecular formula is C14H22O3Si. The minimum Gasteiger partial charge on any atom is -0.497 e. The van der Waals surface area contributed by atoms with E-state index in [1.54, 1.807) is 7.11 Å². The standard InChI is InChI=1S/C14H22O3Si/c1-8-11-12(15)14(9-10(2)3,13(11)16-4)17-18(5,6)7/h8H,1-2,9H2,3-7H3. The molecule has 1 aliphatic carbocycles. The van der Waals surface area contributed by atoms with Crippen LogP contribution >= 0.6 is 0 Å². The van der Waals surface area contributed by atoms with E-state index in [0.717, 1.165) is 5.57 Å². The number of carbonyl (C=O) groups is 1. The van der Waals surface area contributed by atoms with Crippen LogP contribution in [0, 0.1) is 0 Å². The summed E-state index contributed by atoms with van der Waals surface area (Å²) in [4.78, 5) is 12.3. The molecule has 4 heteroatoms. The summed E-state index contributed by atoms with van der Waals surface area (Å²) in [6, 6.07) is 0. The molecule has 0 saturated heterocycles. The second-order valence-electron chi connectivity index (χ2n) is 5.66. The van der Waals surface area contributed by atoms with Gasteiger partial charge in [0.2, 0.25) is 5.78 Å². The fourth-order valence-corrected chi connectivity index (χ4v) is 3.58. The number of allylic oxidation sites excluding steroid dienone is 1. The third-order valence-electron chi connectivity index (χ3n) is 2.66. The lowest BCUT2D eigenvalue weighted by Gasteiger charge is -2.45. The molecule has 0 aromatic rings. The predicted molar refractivity (Wildman–Crippen MR) is 75.8 cm³/mol. The first-order valence-electron chi connectivity index (χ1n) is 5.98. The molecule has 3 nitrogen and oxygen atoms in total. The van der Waals surface area contributed by atoms with Crippen molar-refractivity contribution in [1.29, 1.82) is 0 Å². The topological polar surface area (TPSA) is 35.5 Å². The summed E-state index contributed by atoms with van der Waals surface area (Å²) in [7, 11) is -0.320. The highest BCUT2D eigenvalue weighted by Crippen LogP contribution is 2.45. The van der Waals surface area contributed by atoms with E-state index in [1.807, 2.05) is 6.92 Å². The average molecular weight is 266 g/mol. The molecule has 0 saturated carbocycles. The van der Waals surface area contributed by atoms with Gasteiger partial charge in [-0.2, -0.15) is 0 Å². The molecular weight excluding hydrogens is 244 g/mol. The van der Waals surface area contributed by atoms with Crippen LogP contribution in [0.25, 0.3) is 0 Å². The molecule has 0 bridgehead atoms. The minimum absolute atomic E-state index is 0.0419. The van der Waals surface area contributed by atoms with Crippen molar-refractivity contribution < 1.29 is 14.0 Å². The molecule has 0 aromatic heterocycles. The Morgan fingerprint density at radius 1 is 1.44 bits per heavy atom. The normalized spacial score (nSPS) is 23.7. The molecule has 0 amide bonds. The lowest BCUT2D eigenvalue weighted by molar-refractivity contribution is -0.136. The van der Waals surface area contributed by atoms with Crippen LogP contribution in [-0.2, 0) is 14.0 Å². The Hall–Kier alpha value is -1.13. The number of hydrogen-bond donors (Lipinski definition) is 0. The summed E-state index contributed by atoms with van der Waals surface area (Å²) < 4.78 is 11.5. The average Bonchev–Trinajstić information content (AvgIpc) is 2.20. The van der Waals surface area contributed by atoms with Gasteiger partial charge in [0.05, 0.1) is 12.7 Å². The second kappa shape index (κ2) is 4.86. The molecule has 0 spiro atoms. The maximum atomic E-state index is 12.3. The molecule has 18 heavy (non-hydrogen) atoms. The first-order chi connectivity index (χ1) is 8.18. The third kappa shape index (κ3) is 2.49. The SMILES string of the molecule is C=CC1=C(OC)C(CC(=C)C)(O[Si](C)(C)C)C1=O. The highest BCUT2D eigenvalue weighted by atomic mass is 28.4. The Bertz CT molecular complexity index is 429. The van der Waals surface area contributed by atoms with E-state index in [4.69, 9.17) is 9.16 Å². The van der Waals surface area contributed by atoms with Crippen molar-refractivity contribution >= 4 is 14.1 Å². The Morgan fingerprint density at radius 2 is 2.00 bits per heavy atom. The molecule has 1 unspecified atom stereocenters.